The van der Waals surface area contributed by atoms with Crippen LogP contribution >= 0.6 is 0 Å². The molecule has 0 amide bonds. The van der Waals surface area contributed by atoms with Crippen molar-refractivity contribution in [1.29, 1.82) is 0 Å². The summed E-state index contributed by atoms with van der Waals surface area (Å²) in [6, 6.07) is 15.2. The van der Waals surface area contributed by atoms with Crippen LogP contribution in [0.4, 0.5) is 5.69 Å². The van der Waals surface area contributed by atoms with Crippen LogP contribution in [0.3, 0.4) is 0 Å². The van der Waals surface area contributed by atoms with E-state index in [4.69, 9.17) is 9.84 Å². The Balaban J connectivity index is 2.34. The topological polar surface area (TPSA) is 79.2 Å². The van der Waals surface area contributed by atoms with Gasteiger partial charge in [-0.3, -0.25) is 5.01 Å². The molecule has 0 atom stereocenters. The second kappa shape index (κ2) is 7.92. The van der Waals surface area contributed by atoms with Crippen molar-refractivity contribution in [3.8, 4) is 0 Å². The van der Waals surface area contributed by atoms with Crippen molar-refractivity contribution in [1.82, 2.24) is 0 Å². The lowest BCUT2D eigenvalue weighted by Crippen LogP contribution is -2.23. The highest BCUT2D eigenvalue weighted by Crippen LogP contribution is 2.15. The van der Waals surface area contributed by atoms with Crippen molar-refractivity contribution in [3.05, 3.63) is 65.7 Å². The predicted molar refractivity (Wildman–Crippen MR) is 91.4 cm³/mol. The summed E-state index contributed by atoms with van der Waals surface area (Å²) < 4.78 is 5.07. The summed E-state index contributed by atoms with van der Waals surface area (Å²) in [4.78, 5) is 23.1. The van der Waals surface area contributed by atoms with E-state index in [1.54, 1.807) is 38.2 Å². The van der Waals surface area contributed by atoms with Crippen LogP contribution in [-0.2, 0) is 9.53 Å². The normalized spacial score (nSPS) is 11.0. The van der Waals surface area contributed by atoms with Gasteiger partial charge in [0.05, 0.1) is 17.9 Å². The number of carbonyl (C=O) groups excluding carboxylic acids is 1. The van der Waals surface area contributed by atoms with Gasteiger partial charge in [-0.2, -0.15) is 5.10 Å². The molecule has 0 spiro atoms. The highest BCUT2D eigenvalue weighted by Gasteiger charge is 2.17. The van der Waals surface area contributed by atoms with Crippen LogP contribution in [0.15, 0.2) is 59.7 Å². The van der Waals surface area contributed by atoms with Crippen LogP contribution in [0.5, 0.6) is 0 Å². The molecule has 2 aromatic carbocycles. The van der Waals surface area contributed by atoms with Crippen LogP contribution in [0.25, 0.3) is 0 Å². The average Bonchev–Trinajstić information content (AvgIpc) is 2.60. The van der Waals surface area contributed by atoms with Crippen LogP contribution in [0.1, 0.15) is 22.8 Å². The summed E-state index contributed by atoms with van der Waals surface area (Å²) in [5.74, 6) is -1.51. The van der Waals surface area contributed by atoms with E-state index < -0.39 is 11.9 Å². The molecule has 0 aliphatic carbocycles. The van der Waals surface area contributed by atoms with Crippen molar-refractivity contribution in [2.75, 3.05) is 18.7 Å². The molecular formula is C18H18N2O4. The maximum atomic E-state index is 12.2. The number of carboxylic acids is 1. The molecule has 0 heterocycles. The first-order valence-corrected chi connectivity index (χ1v) is 7.41. The molecule has 24 heavy (non-hydrogen) atoms. The second-order valence-electron chi connectivity index (χ2n) is 4.91. The number of carboxylic acid groups (broad SMARTS) is 1. The van der Waals surface area contributed by atoms with Gasteiger partial charge in [-0.25, -0.2) is 9.59 Å². The Kier molecular flexibility index (Phi) is 5.68. The lowest BCUT2D eigenvalue weighted by molar-refractivity contribution is -0.134. The summed E-state index contributed by atoms with van der Waals surface area (Å²) in [5, 5.41) is 14.8. The van der Waals surface area contributed by atoms with Crippen molar-refractivity contribution < 1.29 is 19.4 Å². The Morgan fingerprint density at radius 3 is 2.21 bits per heavy atom. The summed E-state index contributed by atoms with van der Waals surface area (Å²) in [5.41, 5.74) is 1.66. The van der Waals surface area contributed by atoms with E-state index in [1.165, 1.54) is 17.1 Å². The third-order valence-corrected chi connectivity index (χ3v) is 3.25. The largest absolute Gasteiger partial charge is 0.478 e. The molecule has 0 radical (unpaired) electrons. The zero-order valence-electron chi connectivity index (χ0n) is 13.5. The molecule has 0 aliphatic heterocycles. The number of rotatable bonds is 6. The fourth-order valence-corrected chi connectivity index (χ4v) is 2.04. The Labute approximate surface area is 140 Å². The molecule has 0 saturated carbocycles. The van der Waals surface area contributed by atoms with Crippen molar-refractivity contribution >= 4 is 23.3 Å². The molecule has 2 rings (SSSR count). The van der Waals surface area contributed by atoms with Gasteiger partial charge in [-0.1, -0.05) is 30.3 Å². The van der Waals surface area contributed by atoms with Gasteiger partial charge in [-0.05, 0) is 31.2 Å². The van der Waals surface area contributed by atoms with Gasteiger partial charge in [-0.15, -0.1) is 0 Å². The zero-order valence-corrected chi connectivity index (χ0v) is 13.5. The molecule has 2 aromatic rings. The SMILES string of the molecule is CCOC(=O)/C(=N\N(C)c1ccc(C(=O)O)cc1)c1ccccc1. The third kappa shape index (κ3) is 4.19. The summed E-state index contributed by atoms with van der Waals surface area (Å²) in [7, 11) is 1.68. The third-order valence-electron chi connectivity index (χ3n) is 3.25. The molecule has 0 aliphatic rings. The maximum absolute atomic E-state index is 12.2. The number of nitrogens with zero attached hydrogens (tertiary/aromatic N) is 2. The second-order valence-corrected chi connectivity index (χ2v) is 4.91. The number of esters is 1. The number of anilines is 1. The molecule has 0 unspecified atom stereocenters. The molecule has 6 heteroatoms. The zero-order chi connectivity index (χ0) is 17.5. The lowest BCUT2D eigenvalue weighted by Gasteiger charge is -2.16. The van der Waals surface area contributed by atoms with Crippen LogP contribution in [0.2, 0.25) is 0 Å². The molecular weight excluding hydrogens is 308 g/mol. The number of hydrogen-bond donors (Lipinski definition) is 1. The monoisotopic (exact) mass is 326 g/mol. The number of hydrazone groups is 1. The van der Waals surface area contributed by atoms with Crippen LogP contribution in [0, 0.1) is 0 Å². The summed E-state index contributed by atoms with van der Waals surface area (Å²) >= 11 is 0. The number of ether oxygens (including phenoxy) is 1. The van der Waals surface area contributed by atoms with E-state index in [0.29, 0.717) is 11.3 Å². The number of aromatic carboxylic acids is 1. The highest BCUT2D eigenvalue weighted by molar-refractivity contribution is 6.43. The van der Waals surface area contributed by atoms with Crippen molar-refractivity contribution in [2.24, 2.45) is 5.10 Å². The molecule has 6 nitrogen and oxygen atoms in total. The molecule has 0 aromatic heterocycles. The van der Waals surface area contributed by atoms with E-state index in [2.05, 4.69) is 5.10 Å². The van der Waals surface area contributed by atoms with Gasteiger partial charge in [0.15, 0.2) is 5.71 Å². The van der Waals surface area contributed by atoms with Crippen LogP contribution < -0.4 is 5.01 Å². The predicted octanol–water partition coefficient (Wildman–Crippen LogP) is 2.79. The Morgan fingerprint density at radius 1 is 1.04 bits per heavy atom. The first-order chi connectivity index (χ1) is 11.5. The van der Waals surface area contributed by atoms with Gasteiger partial charge in [0.1, 0.15) is 0 Å². The van der Waals surface area contributed by atoms with Gasteiger partial charge in [0, 0.05) is 12.6 Å². The van der Waals surface area contributed by atoms with Crippen molar-refractivity contribution in [3.63, 3.8) is 0 Å². The quantitative estimate of drug-likeness (QED) is 0.502. The first-order valence-electron chi connectivity index (χ1n) is 7.41. The summed E-state index contributed by atoms with van der Waals surface area (Å²) in [6.07, 6.45) is 0. The minimum absolute atomic E-state index is 0.183. The average molecular weight is 326 g/mol. The van der Waals surface area contributed by atoms with Crippen molar-refractivity contribution in [2.45, 2.75) is 6.92 Å². The number of hydrogen-bond acceptors (Lipinski definition) is 5. The smallest absolute Gasteiger partial charge is 0.359 e. The molecule has 1 N–H and O–H groups in total. The van der Waals surface area contributed by atoms with E-state index in [0.717, 1.165) is 0 Å². The van der Waals surface area contributed by atoms with Crippen LogP contribution in [-0.4, -0.2) is 36.4 Å². The maximum Gasteiger partial charge on any atom is 0.359 e. The van der Waals surface area contributed by atoms with Gasteiger partial charge in [0.25, 0.3) is 0 Å². The fraction of sp³-hybridized carbons (Fsp3) is 0.167. The Morgan fingerprint density at radius 2 is 1.67 bits per heavy atom. The van der Waals surface area contributed by atoms with Gasteiger partial charge in [0.2, 0.25) is 0 Å². The minimum atomic E-state index is -0.996. The van der Waals surface area contributed by atoms with E-state index >= 15 is 0 Å². The first kappa shape index (κ1) is 17.2. The lowest BCUT2D eigenvalue weighted by atomic mass is 10.1. The Bertz CT molecular complexity index is 739. The molecule has 0 fully saturated rings. The van der Waals surface area contributed by atoms with Gasteiger partial charge < -0.3 is 9.84 Å². The minimum Gasteiger partial charge on any atom is -0.478 e. The summed E-state index contributed by atoms with van der Waals surface area (Å²) in [6.45, 7) is 1.98. The van der Waals surface area contributed by atoms with E-state index in [9.17, 15) is 9.59 Å². The highest BCUT2D eigenvalue weighted by atomic mass is 16.5. The standard InChI is InChI=1S/C18H18N2O4/c1-3-24-18(23)16(13-7-5-4-6-8-13)19-20(2)15-11-9-14(10-12-15)17(21)22/h4-12H,3H2,1-2H3,(H,21,22)/b19-16-. The van der Waals surface area contributed by atoms with E-state index in [1.807, 2.05) is 18.2 Å². The fourth-order valence-electron chi connectivity index (χ4n) is 2.04. The number of benzene rings is 2. The number of carbonyl (C=O) groups is 2. The van der Waals surface area contributed by atoms with E-state index in [-0.39, 0.29) is 17.9 Å². The molecule has 0 bridgehead atoms. The molecule has 0 saturated heterocycles. The van der Waals surface area contributed by atoms with Gasteiger partial charge >= 0.3 is 11.9 Å². The Hall–Kier alpha value is -3.15. The molecule has 124 valence electrons.